The Morgan fingerprint density at radius 1 is 1.09 bits per heavy atom. The monoisotopic (exact) mass is 428 g/mol. The Bertz CT molecular complexity index is 1230. The Balaban J connectivity index is 1.20. The predicted octanol–water partition coefficient (Wildman–Crippen LogP) is 3.88. The van der Waals surface area contributed by atoms with Crippen LogP contribution in [-0.4, -0.2) is 46.5 Å². The van der Waals surface area contributed by atoms with Crippen molar-refractivity contribution in [1.29, 1.82) is 0 Å². The molecule has 0 atom stereocenters. The van der Waals surface area contributed by atoms with Crippen molar-refractivity contribution in [3.8, 4) is 17.0 Å². The maximum absolute atomic E-state index is 12.8. The number of methoxy groups -OCH3 is 1. The van der Waals surface area contributed by atoms with E-state index in [4.69, 9.17) is 4.74 Å². The lowest BCUT2D eigenvalue weighted by molar-refractivity contribution is -0.120. The van der Waals surface area contributed by atoms with Gasteiger partial charge in [0.25, 0.3) is 0 Å². The van der Waals surface area contributed by atoms with Crippen LogP contribution in [0.25, 0.3) is 22.2 Å². The minimum Gasteiger partial charge on any atom is -0.496 e. The van der Waals surface area contributed by atoms with E-state index in [2.05, 4.69) is 30.6 Å². The van der Waals surface area contributed by atoms with Gasteiger partial charge >= 0.3 is 0 Å². The van der Waals surface area contributed by atoms with E-state index in [1.165, 1.54) is 0 Å². The first-order valence-electron chi connectivity index (χ1n) is 10.7. The molecule has 1 fully saturated rings. The zero-order valence-corrected chi connectivity index (χ0v) is 17.8. The number of H-pyrrole nitrogens is 1. The summed E-state index contributed by atoms with van der Waals surface area (Å²) < 4.78 is 5.42. The van der Waals surface area contributed by atoms with E-state index in [-0.39, 0.29) is 11.8 Å². The lowest BCUT2D eigenvalue weighted by atomic mass is 9.95. The molecule has 1 saturated heterocycles. The number of hydrogen-bond acceptors (Lipinski definition) is 6. The van der Waals surface area contributed by atoms with Crippen LogP contribution in [-0.2, 0) is 4.79 Å². The number of carbonyl (C=O) groups excluding carboxylic acids is 1. The molecule has 8 nitrogen and oxygen atoms in total. The number of para-hydroxylation sites is 1. The van der Waals surface area contributed by atoms with Gasteiger partial charge in [0.15, 0.2) is 5.82 Å². The number of nitrogens with one attached hydrogen (secondary N) is 2. The van der Waals surface area contributed by atoms with E-state index in [0.29, 0.717) is 0 Å². The summed E-state index contributed by atoms with van der Waals surface area (Å²) in [6.45, 7) is 1.53. The maximum atomic E-state index is 12.8. The van der Waals surface area contributed by atoms with Gasteiger partial charge in [0.05, 0.1) is 24.5 Å². The van der Waals surface area contributed by atoms with Gasteiger partial charge < -0.3 is 15.0 Å². The van der Waals surface area contributed by atoms with Crippen LogP contribution in [0.1, 0.15) is 12.8 Å². The zero-order valence-electron chi connectivity index (χ0n) is 17.8. The second-order valence-corrected chi connectivity index (χ2v) is 7.90. The third-order valence-electron chi connectivity index (χ3n) is 5.93. The van der Waals surface area contributed by atoms with Gasteiger partial charge in [-0.15, -0.1) is 10.2 Å². The molecule has 32 heavy (non-hydrogen) atoms. The number of hydrogen-bond donors (Lipinski definition) is 2. The molecule has 0 saturated carbocycles. The van der Waals surface area contributed by atoms with Crippen LogP contribution in [0.4, 0.5) is 11.5 Å². The quantitative estimate of drug-likeness (QED) is 0.501. The third-order valence-corrected chi connectivity index (χ3v) is 5.93. The molecular formula is C24H24N6O2. The van der Waals surface area contributed by atoms with Crippen molar-refractivity contribution in [2.45, 2.75) is 12.8 Å². The van der Waals surface area contributed by atoms with Crippen LogP contribution in [0, 0.1) is 5.92 Å². The number of anilines is 2. The molecule has 0 spiro atoms. The summed E-state index contributed by atoms with van der Waals surface area (Å²) in [6.07, 6.45) is 3.31. The van der Waals surface area contributed by atoms with E-state index in [9.17, 15) is 4.79 Å². The third kappa shape index (κ3) is 3.99. The molecule has 2 aromatic heterocycles. The number of ether oxygens (including phenoxy) is 1. The lowest BCUT2D eigenvalue weighted by Crippen LogP contribution is -2.38. The second-order valence-electron chi connectivity index (χ2n) is 7.90. The minimum atomic E-state index is -0.0236. The van der Waals surface area contributed by atoms with Crippen LogP contribution < -0.4 is 15.0 Å². The van der Waals surface area contributed by atoms with Crippen molar-refractivity contribution >= 4 is 28.3 Å². The molecule has 1 amide bonds. The van der Waals surface area contributed by atoms with Gasteiger partial charge in [-0.3, -0.25) is 9.89 Å². The number of nitrogens with zero attached hydrogens (tertiary/aromatic N) is 4. The molecule has 0 radical (unpaired) electrons. The molecule has 0 aliphatic carbocycles. The maximum Gasteiger partial charge on any atom is 0.227 e. The van der Waals surface area contributed by atoms with Crippen LogP contribution in [0.5, 0.6) is 5.75 Å². The molecule has 2 aromatic carbocycles. The van der Waals surface area contributed by atoms with Crippen molar-refractivity contribution in [3.05, 3.63) is 60.8 Å². The number of aromatic nitrogens is 4. The van der Waals surface area contributed by atoms with Crippen LogP contribution in [0.3, 0.4) is 0 Å². The van der Waals surface area contributed by atoms with E-state index in [0.717, 1.165) is 65.3 Å². The highest BCUT2D eigenvalue weighted by Gasteiger charge is 2.26. The molecule has 1 aliphatic heterocycles. The molecular weight excluding hydrogens is 404 g/mol. The van der Waals surface area contributed by atoms with E-state index in [1.807, 2.05) is 54.6 Å². The number of rotatable bonds is 5. The van der Waals surface area contributed by atoms with Gasteiger partial charge in [-0.1, -0.05) is 12.1 Å². The number of aromatic amines is 1. The average molecular weight is 428 g/mol. The van der Waals surface area contributed by atoms with Gasteiger partial charge in [-0.05, 0) is 55.3 Å². The first kappa shape index (κ1) is 20.0. The summed E-state index contributed by atoms with van der Waals surface area (Å²) in [7, 11) is 1.65. The van der Waals surface area contributed by atoms with Crippen LogP contribution in [0.15, 0.2) is 60.8 Å². The van der Waals surface area contributed by atoms with Gasteiger partial charge in [0.1, 0.15) is 5.75 Å². The summed E-state index contributed by atoms with van der Waals surface area (Å²) >= 11 is 0. The Morgan fingerprint density at radius 2 is 1.94 bits per heavy atom. The lowest BCUT2D eigenvalue weighted by Gasteiger charge is -2.31. The van der Waals surface area contributed by atoms with Crippen molar-refractivity contribution in [3.63, 3.8) is 0 Å². The van der Waals surface area contributed by atoms with Gasteiger partial charge in [-0.25, -0.2) is 0 Å². The topological polar surface area (TPSA) is 96.0 Å². The first-order chi connectivity index (χ1) is 15.7. The van der Waals surface area contributed by atoms with Crippen molar-refractivity contribution < 1.29 is 9.53 Å². The molecule has 4 aromatic rings. The van der Waals surface area contributed by atoms with Crippen LogP contribution in [0.2, 0.25) is 0 Å². The molecule has 0 bridgehead atoms. The Hall–Kier alpha value is -3.94. The fourth-order valence-electron chi connectivity index (χ4n) is 4.12. The van der Waals surface area contributed by atoms with Crippen molar-refractivity contribution in [1.82, 2.24) is 20.4 Å². The van der Waals surface area contributed by atoms with Gasteiger partial charge in [0.2, 0.25) is 5.91 Å². The number of fused-ring (bicyclic) bond motifs is 1. The smallest absolute Gasteiger partial charge is 0.227 e. The molecule has 3 heterocycles. The highest BCUT2D eigenvalue weighted by molar-refractivity contribution is 5.95. The normalized spacial score (nSPS) is 14.5. The van der Waals surface area contributed by atoms with E-state index in [1.54, 1.807) is 13.3 Å². The summed E-state index contributed by atoms with van der Waals surface area (Å²) in [5.74, 6) is 1.63. The molecule has 8 heteroatoms. The van der Waals surface area contributed by atoms with Crippen molar-refractivity contribution in [2.24, 2.45) is 5.92 Å². The number of amides is 1. The number of benzene rings is 2. The summed E-state index contributed by atoms with van der Waals surface area (Å²) in [4.78, 5) is 14.9. The molecule has 5 rings (SSSR count). The highest BCUT2D eigenvalue weighted by atomic mass is 16.5. The fourth-order valence-corrected chi connectivity index (χ4v) is 4.12. The van der Waals surface area contributed by atoms with E-state index >= 15 is 0 Å². The largest absolute Gasteiger partial charge is 0.496 e. The zero-order chi connectivity index (χ0) is 21.9. The fraction of sp³-hybridized carbons (Fsp3) is 0.250. The Labute approximate surface area is 185 Å². The summed E-state index contributed by atoms with van der Waals surface area (Å²) in [5, 5.41) is 19.8. The highest BCUT2D eigenvalue weighted by Crippen LogP contribution is 2.29. The van der Waals surface area contributed by atoms with Crippen LogP contribution >= 0.6 is 0 Å². The van der Waals surface area contributed by atoms with Gasteiger partial charge in [-0.2, -0.15) is 5.10 Å². The summed E-state index contributed by atoms with van der Waals surface area (Å²) in [5.41, 5.74) is 3.38. The molecule has 0 unspecified atom stereocenters. The predicted molar refractivity (Wildman–Crippen MR) is 124 cm³/mol. The standard InChI is InChI=1S/C24H24N6O2/c1-32-22-5-3-2-4-19(22)20-8-9-23(29-28-20)30-12-10-16(11-13-30)24(31)26-18-7-6-17-15-25-27-21(17)14-18/h2-9,14-16H,10-13H2,1H3,(H,25,27)(H,26,31). The van der Waals surface area contributed by atoms with E-state index < -0.39 is 0 Å². The SMILES string of the molecule is COc1ccccc1-c1ccc(N2CCC(C(=O)Nc3ccc4cn[nH]c4c3)CC2)nn1. The number of piperidine rings is 1. The second kappa shape index (κ2) is 8.66. The minimum absolute atomic E-state index is 0.0236. The summed E-state index contributed by atoms with van der Waals surface area (Å²) in [6, 6.07) is 17.5. The Kier molecular flexibility index (Phi) is 5.41. The molecule has 162 valence electrons. The molecule has 2 N–H and O–H groups in total. The van der Waals surface area contributed by atoms with Gasteiger partial charge in [0, 0.05) is 35.6 Å². The Morgan fingerprint density at radius 3 is 2.72 bits per heavy atom. The number of carbonyl (C=O) groups is 1. The van der Waals surface area contributed by atoms with Crippen molar-refractivity contribution in [2.75, 3.05) is 30.4 Å². The first-order valence-corrected chi connectivity index (χ1v) is 10.7. The molecule has 1 aliphatic rings. The average Bonchev–Trinajstić information content (AvgIpc) is 3.32.